The van der Waals surface area contributed by atoms with Crippen LogP contribution in [0.4, 0.5) is 0 Å². The Morgan fingerprint density at radius 1 is 1.00 bits per heavy atom. The van der Waals surface area contributed by atoms with E-state index in [4.69, 9.17) is 0 Å². The van der Waals surface area contributed by atoms with Crippen LogP contribution < -0.4 is 5.32 Å². The lowest BCUT2D eigenvalue weighted by molar-refractivity contribution is 0.453. The summed E-state index contributed by atoms with van der Waals surface area (Å²) < 4.78 is 0. The summed E-state index contributed by atoms with van der Waals surface area (Å²) in [7, 11) is 0. The molecule has 1 radical (unpaired) electrons. The molecule has 1 fully saturated rings. The maximum atomic E-state index is 4.43. The summed E-state index contributed by atoms with van der Waals surface area (Å²) in [6, 6.07) is 7.20. The smallest absolute Gasteiger partial charge is 0.0139 e. The van der Waals surface area contributed by atoms with Crippen LogP contribution in [0.15, 0.2) is 18.2 Å². The molecule has 0 spiro atoms. The van der Waals surface area contributed by atoms with E-state index in [1.165, 1.54) is 32.1 Å². The molecule has 1 aliphatic heterocycles. The van der Waals surface area contributed by atoms with Crippen LogP contribution in [0.1, 0.15) is 41.9 Å². The Morgan fingerprint density at radius 2 is 1.80 bits per heavy atom. The van der Waals surface area contributed by atoms with Gasteiger partial charge in [0.2, 0.25) is 0 Å². The number of hydrogen-bond acceptors (Lipinski definition) is 0. The highest BCUT2D eigenvalue weighted by molar-refractivity contribution is 5.36. The highest BCUT2D eigenvalue weighted by Gasteiger charge is 2.18. The lowest BCUT2D eigenvalue weighted by Gasteiger charge is -2.22. The Balaban J connectivity index is 1.85. The van der Waals surface area contributed by atoms with Crippen molar-refractivity contribution in [2.45, 2.75) is 38.0 Å². The topological polar surface area (TPSA) is 14.1 Å². The SMILES string of the molecule is c1cc2c(cc1C1CC[N]CC1)CCC2. The standard InChI is InChI=1S/C14H18N/c1-2-11-4-5-14(10-13(11)3-1)12-6-8-15-9-7-12/h4-5,10,12H,1-3,6-9H2. The van der Waals surface area contributed by atoms with E-state index in [0.29, 0.717) is 0 Å². The minimum absolute atomic E-state index is 0.786. The van der Waals surface area contributed by atoms with Gasteiger partial charge in [-0.25, -0.2) is 5.32 Å². The molecule has 1 saturated heterocycles. The van der Waals surface area contributed by atoms with Crippen LogP contribution in [0, 0.1) is 0 Å². The van der Waals surface area contributed by atoms with Gasteiger partial charge in [0.1, 0.15) is 0 Å². The van der Waals surface area contributed by atoms with E-state index >= 15 is 0 Å². The van der Waals surface area contributed by atoms with Gasteiger partial charge in [0.25, 0.3) is 0 Å². The normalized spacial score (nSPS) is 21.6. The number of rotatable bonds is 1. The summed E-state index contributed by atoms with van der Waals surface area (Å²) in [4.78, 5) is 0. The molecule has 1 nitrogen and oxygen atoms in total. The summed E-state index contributed by atoms with van der Waals surface area (Å²) in [6.45, 7) is 2.14. The fourth-order valence-electron chi connectivity index (χ4n) is 2.93. The van der Waals surface area contributed by atoms with Crippen molar-refractivity contribution in [1.82, 2.24) is 5.32 Å². The van der Waals surface area contributed by atoms with Crippen LogP contribution in [-0.4, -0.2) is 13.1 Å². The largest absolute Gasteiger partial charge is 0.242 e. The van der Waals surface area contributed by atoms with Crippen LogP contribution in [0.3, 0.4) is 0 Å². The first-order valence-corrected chi connectivity index (χ1v) is 6.18. The number of fused-ring (bicyclic) bond motifs is 1. The van der Waals surface area contributed by atoms with Crippen molar-refractivity contribution in [1.29, 1.82) is 0 Å². The number of piperidine rings is 1. The zero-order chi connectivity index (χ0) is 10.1. The highest BCUT2D eigenvalue weighted by Crippen LogP contribution is 2.30. The molecule has 0 unspecified atom stereocenters. The lowest BCUT2D eigenvalue weighted by Crippen LogP contribution is -2.21. The molecule has 0 atom stereocenters. The molecule has 0 amide bonds. The third kappa shape index (κ3) is 1.81. The average molecular weight is 200 g/mol. The predicted octanol–water partition coefficient (Wildman–Crippen LogP) is 2.66. The zero-order valence-electron chi connectivity index (χ0n) is 9.21. The second kappa shape index (κ2) is 3.97. The Kier molecular flexibility index (Phi) is 2.49. The maximum Gasteiger partial charge on any atom is 0.0139 e. The van der Waals surface area contributed by atoms with Crippen molar-refractivity contribution < 1.29 is 0 Å². The van der Waals surface area contributed by atoms with Crippen LogP contribution in [0.5, 0.6) is 0 Å². The Hall–Kier alpha value is -0.820. The van der Waals surface area contributed by atoms with Gasteiger partial charge < -0.3 is 0 Å². The van der Waals surface area contributed by atoms with Gasteiger partial charge in [0, 0.05) is 13.1 Å². The van der Waals surface area contributed by atoms with E-state index in [1.54, 1.807) is 16.7 Å². The quantitative estimate of drug-likeness (QED) is 0.661. The molecule has 1 aromatic carbocycles. The summed E-state index contributed by atoms with van der Waals surface area (Å²) in [5.74, 6) is 0.786. The Bertz CT molecular complexity index is 350. The van der Waals surface area contributed by atoms with E-state index in [1.807, 2.05) is 0 Å². The number of nitrogens with zero attached hydrogens (tertiary/aromatic N) is 1. The van der Waals surface area contributed by atoms with Crippen LogP contribution in [0.25, 0.3) is 0 Å². The van der Waals surface area contributed by atoms with E-state index < -0.39 is 0 Å². The van der Waals surface area contributed by atoms with E-state index in [-0.39, 0.29) is 0 Å². The fraction of sp³-hybridized carbons (Fsp3) is 0.571. The monoisotopic (exact) mass is 200 g/mol. The number of aryl methyl sites for hydroxylation is 2. The molecule has 0 saturated carbocycles. The van der Waals surface area contributed by atoms with Gasteiger partial charge in [0.05, 0.1) is 0 Å². The zero-order valence-corrected chi connectivity index (χ0v) is 9.21. The maximum absolute atomic E-state index is 4.43. The van der Waals surface area contributed by atoms with Gasteiger partial charge >= 0.3 is 0 Å². The number of benzene rings is 1. The van der Waals surface area contributed by atoms with Gasteiger partial charge in [-0.1, -0.05) is 18.2 Å². The summed E-state index contributed by atoms with van der Waals surface area (Å²) in [6.07, 6.45) is 6.49. The minimum Gasteiger partial charge on any atom is -0.242 e. The summed E-state index contributed by atoms with van der Waals surface area (Å²) >= 11 is 0. The molecule has 3 rings (SSSR count). The van der Waals surface area contributed by atoms with Gasteiger partial charge in [-0.2, -0.15) is 0 Å². The van der Waals surface area contributed by atoms with Crippen molar-refractivity contribution in [3.8, 4) is 0 Å². The molecule has 0 bridgehead atoms. The molecule has 1 heterocycles. The van der Waals surface area contributed by atoms with Crippen LogP contribution in [0.2, 0.25) is 0 Å². The second-order valence-electron chi connectivity index (χ2n) is 4.83. The molecule has 1 aromatic rings. The molecule has 2 aliphatic rings. The molecular weight excluding hydrogens is 182 g/mol. The van der Waals surface area contributed by atoms with Crippen molar-refractivity contribution in [3.63, 3.8) is 0 Å². The van der Waals surface area contributed by atoms with Gasteiger partial charge in [-0.3, -0.25) is 0 Å². The summed E-state index contributed by atoms with van der Waals surface area (Å²) in [5, 5.41) is 4.43. The van der Waals surface area contributed by atoms with Gasteiger partial charge in [0.15, 0.2) is 0 Å². The Morgan fingerprint density at radius 3 is 2.67 bits per heavy atom. The first kappa shape index (κ1) is 9.41. The first-order chi connectivity index (χ1) is 7.43. The van der Waals surface area contributed by atoms with Crippen molar-refractivity contribution in [2.24, 2.45) is 0 Å². The van der Waals surface area contributed by atoms with Gasteiger partial charge in [-0.15, -0.1) is 0 Å². The van der Waals surface area contributed by atoms with Crippen LogP contribution >= 0.6 is 0 Å². The molecular formula is C14H18N. The second-order valence-corrected chi connectivity index (χ2v) is 4.83. The van der Waals surface area contributed by atoms with Crippen molar-refractivity contribution in [2.75, 3.05) is 13.1 Å². The Labute approximate surface area is 91.9 Å². The third-order valence-electron chi connectivity index (χ3n) is 3.87. The molecule has 1 heteroatoms. The average Bonchev–Trinajstić information content (AvgIpc) is 2.77. The van der Waals surface area contributed by atoms with E-state index in [2.05, 4.69) is 23.5 Å². The fourth-order valence-corrected chi connectivity index (χ4v) is 2.93. The van der Waals surface area contributed by atoms with E-state index in [9.17, 15) is 0 Å². The molecule has 0 N–H and O–H groups in total. The predicted molar refractivity (Wildman–Crippen MR) is 62.3 cm³/mol. The molecule has 0 aromatic heterocycles. The third-order valence-corrected chi connectivity index (χ3v) is 3.87. The number of hydrogen-bond donors (Lipinski definition) is 0. The first-order valence-electron chi connectivity index (χ1n) is 6.18. The lowest BCUT2D eigenvalue weighted by atomic mass is 9.88. The van der Waals surface area contributed by atoms with Crippen molar-refractivity contribution in [3.05, 3.63) is 34.9 Å². The molecule has 79 valence electrons. The van der Waals surface area contributed by atoms with Crippen LogP contribution in [-0.2, 0) is 12.8 Å². The molecule has 1 aliphatic carbocycles. The van der Waals surface area contributed by atoms with Crippen molar-refractivity contribution >= 4 is 0 Å². The van der Waals surface area contributed by atoms with Gasteiger partial charge in [-0.05, 0) is 54.7 Å². The molecule has 15 heavy (non-hydrogen) atoms. The van der Waals surface area contributed by atoms with E-state index in [0.717, 1.165) is 19.0 Å². The highest BCUT2D eigenvalue weighted by atomic mass is 14.9. The minimum atomic E-state index is 0.786. The summed E-state index contributed by atoms with van der Waals surface area (Å²) in [5.41, 5.74) is 4.79.